The summed E-state index contributed by atoms with van der Waals surface area (Å²) in [6.07, 6.45) is 0.957. The summed E-state index contributed by atoms with van der Waals surface area (Å²) in [5.74, 6) is 2.29. The summed E-state index contributed by atoms with van der Waals surface area (Å²) in [6, 6.07) is 10.2. The van der Waals surface area contributed by atoms with Gasteiger partial charge in [-0.15, -0.1) is 11.6 Å². The number of hydrogen-bond donors (Lipinski definition) is 0. The zero-order valence-electron chi connectivity index (χ0n) is 11.8. The van der Waals surface area contributed by atoms with Gasteiger partial charge in [0, 0.05) is 22.0 Å². The van der Waals surface area contributed by atoms with Gasteiger partial charge in [-0.1, -0.05) is 34.1 Å². The second-order valence-corrected chi connectivity index (χ2v) is 6.32. The lowest BCUT2D eigenvalue weighted by Gasteiger charge is -2.15. The van der Waals surface area contributed by atoms with Crippen LogP contribution in [0.5, 0.6) is 11.5 Å². The standard InChI is InChI=1S/C17H16BrClO2/c1-11-3-2-4-13(9-19)16(11)21-10-14-8-15(18)7-12-5-6-20-17(12)14/h2-4,7-8H,5-6,9-10H2,1H3. The number of ether oxygens (including phenoxy) is 2. The molecular weight excluding hydrogens is 352 g/mol. The third-order valence-corrected chi connectivity index (χ3v) is 4.38. The van der Waals surface area contributed by atoms with Crippen LogP contribution >= 0.6 is 27.5 Å². The van der Waals surface area contributed by atoms with E-state index in [1.54, 1.807) is 0 Å². The largest absolute Gasteiger partial charge is 0.493 e. The van der Waals surface area contributed by atoms with Gasteiger partial charge in [-0.3, -0.25) is 0 Å². The molecular formula is C17H16BrClO2. The molecule has 1 aliphatic rings. The molecule has 0 amide bonds. The van der Waals surface area contributed by atoms with Crippen molar-refractivity contribution < 1.29 is 9.47 Å². The monoisotopic (exact) mass is 366 g/mol. The number of alkyl halides is 1. The van der Waals surface area contributed by atoms with E-state index in [2.05, 4.69) is 28.1 Å². The Hall–Kier alpha value is -1.19. The van der Waals surface area contributed by atoms with Crippen molar-refractivity contribution in [2.45, 2.75) is 25.8 Å². The highest BCUT2D eigenvalue weighted by atomic mass is 79.9. The summed E-state index contributed by atoms with van der Waals surface area (Å²) in [5.41, 5.74) is 4.43. The Labute approximate surface area is 138 Å². The molecule has 0 spiro atoms. The fraction of sp³-hybridized carbons (Fsp3) is 0.294. The van der Waals surface area contributed by atoms with Crippen LogP contribution in [0.25, 0.3) is 0 Å². The molecule has 0 saturated carbocycles. The number of aryl methyl sites for hydroxylation is 1. The van der Waals surface area contributed by atoms with E-state index in [0.29, 0.717) is 12.5 Å². The molecule has 0 bridgehead atoms. The average Bonchev–Trinajstić information content (AvgIpc) is 2.93. The Morgan fingerprint density at radius 3 is 2.95 bits per heavy atom. The highest BCUT2D eigenvalue weighted by Crippen LogP contribution is 2.34. The minimum atomic E-state index is 0.449. The Morgan fingerprint density at radius 1 is 1.29 bits per heavy atom. The highest BCUT2D eigenvalue weighted by molar-refractivity contribution is 9.10. The molecule has 2 aromatic rings. The van der Waals surface area contributed by atoms with E-state index < -0.39 is 0 Å². The maximum atomic E-state index is 6.04. The third kappa shape index (κ3) is 3.04. The predicted octanol–water partition coefficient (Wildman–Crippen LogP) is 5.01. The molecule has 1 aliphatic heterocycles. The quantitative estimate of drug-likeness (QED) is 0.707. The van der Waals surface area contributed by atoms with Crippen molar-refractivity contribution in [2.24, 2.45) is 0 Å². The molecule has 21 heavy (non-hydrogen) atoms. The van der Waals surface area contributed by atoms with Crippen LogP contribution in [0.15, 0.2) is 34.8 Å². The van der Waals surface area contributed by atoms with Crippen molar-refractivity contribution in [3.8, 4) is 11.5 Å². The summed E-state index contributed by atoms with van der Waals surface area (Å²) >= 11 is 9.54. The van der Waals surface area contributed by atoms with Crippen molar-refractivity contribution in [3.05, 3.63) is 57.1 Å². The molecule has 0 fully saturated rings. The average molecular weight is 368 g/mol. The van der Waals surface area contributed by atoms with Crippen molar-refractivity contribution >= 4 is 27.5 Å². The lowest BCUT2D eigenvalue weighted by Crippen LogP contribution is -2.02. The van der Waals surface area contributed by atoms with Crippen molar-refractivity contribution in [2.75, 3.05) is 6.61 Å². The minimum Gasteiger partial charge on any atom is -0.493 e. The summed E-state index contributed by atoms with van der Waals surface area (Å²) in [5, 5.41) is 0. The maximum Gasteiger partial charge on any atom is 0.129 e. The molecule has 1 heterocycles. The van der Waals surface area contributed by atoms with Crippen LogP contribution in [0, 0.1) is 6.92 Å². The van der Waals surface area contributed by atoms with Crippen LogP contribution in [0.2, 0.25) is 0 Å². The highest BCUT2D eigenvalue weighted by Gasteiger charge is 2.18. The fourth-order valence-electron chi connectivity index (χ4n) is 2.63. The van der Waals surface area contributed by atoms with E-state index in [1.807, 2.05) is 25.1 Å². The van der Waals surface area contributed by atoms with Crippen LogP contribution in [-0.2, 0) is 18.9 Å². The van der Waals surface area contributed by atoms with Crippen LogP contribution in [0.4, 0.5) is 0 Å². The van der Waals surface area contributed by atoms with Crippen molar-refractivity contribution in [1.82, 2.24) is 0 Å². The zero-order valence-corrected chi connectivity index (χ0v) is 14.1. The van der Waals surface area contributed by atoms with Gasteiger partial charge >= 0.3 is 0 Å². The smallest absolute Gasteiger partial charge is 0.129 e. The van der Waals surface area contributed by atoms with Gasteiger partial charge < -0.3 is 9.47 Å². The third-order valence-electron chi connectivity index (χ3n) is 3.63. The maximum absolute atomic E-state index is 6.04. The fourth-order valence-corrected chi connectivity index (χ4v) is 3.39. The van der Waals surface area contributed by atoms with Gasteiger partial charge in [0.05, 0.1) is 12.5 Å². The predicted molar refractivity (Wildman–Crippen MR) is 88.4 cm³/mol. The topological polar surface area (TPSA) is 18.5 Å². The van der Waals surface area contributed by atoms with Crippen LogP contribution in [-0.4, -0.2) is 6.61 Å². The zero-order chi connectivity index (χ0) is 14.8. The molecule has 2 nitrogen and oxygen atoms in total. The van der Waals surface area contributed by atoms with E-state index in [-0.39, 0.29) is 0 Å². The molecule has 0 N–H and O–H groups in total. The lowest BCUT2D eigenvalue weighted by atomic mass is 10.1. The van der Waals surface area contributed by atoms with Gasteiger partial charge in [-0.25, -0.2) is 0 Å². The van der Waals surface area contributed by atoms with E-state index in [1.165, 1.54) is 5.56 Å². The minimum absolute atomic E-state index is 0.449. The number of para-hydroxylation sites is 1. The van der Waals surface area contributed by atoms with Gasteiger partial charge in [0.25, 0.3) is 0 Å². The van der Waals surface area contributed by atoms with E-state index >= 15 is 0 Å². The first-order chi connectivity index (χ1) is 10.2. The molecule has 0 aromatic heterocycles. The first kappa shape index (κ1) is 14.7. The molecule has 0 saturated heterocycles. The molecule has 3 rings (SSSR count). The molecule has 110 valence electrons. The SMILES string of the molecule is Cc1cccc(CCl)c1OCc1cc(Br)cc2c1OCC2. The Balaban J connectivity index is 1.86. The first-order valence-electron chi connectivity index (χ1n) is 6.90. The molecule has 0 aliphatic carbocycles. The number of halogens is 2. The van der Waals surface area contributed by atoms with Gasteiger partial charge in [0.2, 0.25) is 0 Å². The number of fused-ring (bicyclic) bond motifs is 1. The number of benzene rings is 2. The molecule has 2 aromatic carbocycles. The van der Waals surface area contributed by atoms with Crippen LogP contribution in [0.1, 0.15) is 22.3 Å². The van der Waals surface area contributed by atoms with E-state index in [0.717, 1.165) is 45.7 Å². The Kier molecular flexibility index (Phi) is 4.41. The summed E-state index contributed by atoms with van der Waals surface area (Å²) in [4.78, 5) is 0. The van der Waals surface area contributed by atoms with Crippen molar-refractivity contribution in [1.29, 1.82) is 0 Å². The second-order valence-electron chi connectivity index (χ2n) is 5.14. The van der Waals surface area contributed by atoms with Crippen LogP contribution < -0.4 is 9.47 Å². The van der Waals surface area contributed by atoms with Gasteiger partial charge in [0.15, 0.2) is 0 Å². The summed E-state index contributed by atoms with van der Waals surface area (Å²) in [6.45, 7) is 3.26. The van der Waals surface area contributed by atoms with Crippen LogP contribution in [0.3, 0.4) is 0 Å². The first-order valence-corrected chi connectivity index (χ1v) is 8.23. The summed E-state index contributed by atoms with van der Waals surface area (Å²) in [7, 11) is 0. The van der Waals surface area contributed by atoms with Gasteiger partial charge in [-0.05, 0) is 30.2 Å². The van der Waals surface area contributed by atoms with E-state index in [4.69, 9.17) is 21.1 Å². The van der Waals surface area contributed by atoms with Gasteiger partial charge in [0.1, 0.15) is 18.1 Å². The number of hydrogen-bond acceptors (Lipinski definition) is 2. The molecule has 0 atom stereocenters. The van der Waals surface area contributed by atoms with E-state index in [9.17, 15) is 0 Å². The number of rotatable bonds is 4. The molecule has 4 heteroatoms. The Bertz CT molecular complexity index is 670. The normalized spacial score (nSPS) is 12.9. The van der Waals surface area contributed by atoms with Gasteiger partial charge in [-0.2, -0.15) is 0 Å². The summed E-state index contributed by atoms with van der Waals surface area (Å²) < 4.78 is 12.8. The Morgan fingerprint density at radius 2 is 2.14 bits per heavy atom. The lowest BCUT2D eigenvalue weighted by molar-refractivity contribution is 0.288. The molecule has 0 radical (unpaired) electrons. The second kappa shape index (κ2) is 6.29. The molecule has 0 unspecified atom stereocenters. The van der Waals surface area contributed by atoms with Crippen molar-refractivity contribution in [3.63, 3.8) is 0 Å².